The topological polar surface area (TPSA) is 103 Å². The van der Waals surface area contributed by atoms with E-state index in [2.05, 4.69) is 23.7 Å². The predicted molar refractivity (Wildman–Crippen MR) is 139 cm³/mol. The number of benzene rings is 1. The van der Waals surface area contributed by atoms with E-state index in [9.17, 15) is 18.0 Å². The molecule has 2 saturated heterocycles. The first-order valence-electron chi connectivity index (χ1n) is 12.7. The second-order valence-corrected chi connectivity index (χ2v) is 12.2. The highest BCUT2D eigenvalue weighted by atomic mass is 32.2. The molecule has 0 radical (unpaired) electrons. The maximum Gasteiger partial charge on any atom is 0.265 e. The molecule has 11 heteroatoms. The number of carbonyl (C=O) groups excluding carboxylic acids is 2. The number of amides is 2. The van der Waals surface area contributed by atoms with Crippen LogP contribution in [0.15, 0.2) is 47.5 Å². The van der Waals surface area contributed by atoms with Gasteiger partial charge in [-0.05, 0) is 48.6 Å². The molecule has 0 saturated carbocycles. The van der Waals surface area contributed by atoms with Crippen molar-refractivity contribution in [3.63, 3.8) is 0 Å². The SMILES string of the molecule is C[C@@H]1C[C@@H](C)CN(S(=O)(=O)c2ccc3c(c2)N(CC(=O)N2CCN(c4ccccn4)CC2)C(=O)CO3)C1. The summed E-state index contributed by atoms with van der Waals surface area (Å²) in [6, 6.07) is 10.3. The maximum absolute atomic E-state index is 13.5. The van der Waals surface area contributed by atoms with Crippen LogP contribution in [0.3, 0.4) is 0 Å². The first-order chi connectivity index (χ1) is 17.7. The second kappa shape index (κ2) is 10.3. The molecule has 10 nitrogen and oxygen atoms in total. The first-order valence-corrected chi connectivity index (χ1v) is 14.2. The smallest absolute Gasteiger partial charge is 0.265 e. The minimum atomic E-state index is -3.75. The van der Waals surface area contributed by atoms with Gasteiger partial charge in [0.05, 0.1) is 10.6 Å². The van der Waals surface area contributed by atoms with Gasteiger partial charge in [0.1, 0.15) is 18.1 Å². The van der Waals surface area contributed by atoms with Crippen molar-refractivity contribution in [2.24, 2.45) is 11.8 Å². The molecule has 0 unspecified atom stereocenters. The van der Waals surface area contributed by atoms with Crippen LogP contribution in [0.25, 0.3) is 0 Å². The monoisotopic (exact) mass is 527 g/mol. The van der Waals surface area contributed by atoms with Crippen molar-refractivity contribution in [3.8, 4) is 5.75 Å². The molecule has 4 heterocycles. The summed E-state index contributed by atoms with van der Waals surface area (Å²) in [5, 5.41) is 0. The van der Waals surface area contributed by atoms with Crippen LogP contribution in [-0.2, 0) is 19.6 Å². The molecule has 2 aromatic rings. The quantitative estimate of drug-likeness (QED) is 0.584. The zero-order valence-corrected chi connectivity index (χ0v) is 22.1. The highest BCUT2D eigenvalue weighted by Crippen LogP contribution is 2.36. The lowest BCUT2D eigenvalue weighted by molar-refractivity contribution is -0.132. The summed E-state index contributed by atoms with van der Waals surface area (Å²) < 4.78 is 34.0. The summed E-state index contributed by atoms with van der Waals surface area (Å²) >= 11 is 0. The molecule has 2 fully saturated rings. The maximum atomic E-state index is 13.5. The fourth-order valence-corrected chi connectivity index (χ4v) is 7.13. The number of hydrogen-bond donors (Lipinski definition) is 0. The van der Waals surface area contributed by atoms with Crippen LogP contribution < -0.4 is 14.5 Å². The Morgan fingerprint density at radius 3 is 2.46 bits per heavy atom. The molecule has 0 N–H and O–H groups in total. The van der Waals surface area contributed by atoms with E-state index in [1.807, 2.05) is 18.2 Å². The summed E-state index contributed by atoms with van der Waals surface area (Å²) in [4.78, 5) is 35.7. The largest absolute Gasteiger partial charge is 0.482 e. The third-order valence-electron chi connectivity index (χ3n) is 7.25. The number of aromatic nitrogens is 1. The van der Waals surface area contributed by atoms with Crippen LogP contribution in [0, 0.1) is 11.8 Å². The van der Waals surface area contributed by atoms with Gasteiger partial charge in [-0.25, -0.2) is 13.4 Å². The normalized spacial score (nSPS) is 23.0. The van der Waals surface area contributed by atoms with Gasteiger partial charge >= 0.3 is 0 Å². The van der Waals surface area contributed by atoms with Crippen molar-refractivity contribution in [1.82, 2.24) is 14.2 Å². The number of piperazine rings is 1. The van der Waals surface area contributed by atoms with Crippen molar-refractivity contribution in [3.05, 3.63) is 42.6 Å². The van der Waals surface area contributed by atoms with Gasteiger partial charge in [-0.2, -0.15) is 4.31 Å². The minimum absolute atomic E-state index is 0.104. The van der Waals surface area contributed by atoms with Gasteiger partial charge < -0.3 is 14.5 Å². The number of piperidine rings is 1. The van der Waals surface area contributed by atoms with Crippen molar-refractivity contribution in [2.75, 3.05) is 62.2 Å². The number of nitrogens with zero attached hydrogens (tertiary/aromatic N) is 5. The summed E-state index contributed by atoms with van der Waals surface area (Å²) in [7, 11) is -3.75. The van der Waals surface area contributed by atoms with Crippen LogP contribution in [0.1, 0.15) is 20.3 Å². The van der Waals surface area contributed by atoms with E-state index in [1.54, 1.807) is 17.2 Å². The van der Waals surface area contributed by atoms with Crippen LogP contribution in [0.5, 0.6) is 5.75 Å². The van der Waals surface area contributed by atoms with Gasteiger partial charge in [0.25, 0.3) is 5.91 Å². The molecule has 3 aliphatic rings. The van der Waals surface area contributed by atoms with Crippen molar-refractivity contribution < 1.29 is 22.7 Å². The highest BCUT2D eigenvalue weighted by Gasteiger charge is 2.35. The van der Waals surface area contributed by atoms with Gasteiger partial charge in [-0.1, -0.05) is 19.9 Å². The molecule has 0 bridgehead atoms. The zero-order chi connectivity index (χ0) is 26.2. The van der Waals surface area contributed by atoms with E-state index < -0.39 is 10.0 Å². The molecule has 2 amide bonds. The van der Waals surface area contributed by atoms with E-state index >= 15 is 0 Å². The fourth-order valence-electron chi connectivity index (χ4n) is 5.43. The third kappa shape index (κ3) is 5.28. The number of hydrogen-bond acceptors (Lipinski definition) is 7. The number of pyridine rings is 1. The second-order valence-electron chi connectivity index (χ2n) is 10.2. The first kappa shape index (κ1) is 25.5. The predicted octanol–water partition coefficient (Wildman–Crippen LogP) is 1.82. The van der Waals surface area contributed by atoms with E-state index in [4.69, 9.17) is 4.74 Å². The van der Waals surface area contributed by atoms with E-state index in [1.165, 1.54) is 21.3 Å². The number of fused-ring (bicyclic) bond motifs is 1. The Bertz CT molecular complexity index is 1250. The lowest BCUT2D eigenvalue weighted by atomic mass is 9.94. The van der Waals surface area contributed by atoms with Crippen LogP contribution in [0.2, 0.25) is 0 Å². The number of ether oxygens (including phenoxy) is 1. The Balaban J connectivity index is 1.31. The summed E-state index contributed by atoms with van der Waals surface area (Å²) in [6.45, 7) is 7.00. The summed E-state index contributed by atoms with van der Waals surface area (Å²) in [5.41, 5.74) is 0.316. The average molecular weight is 528 g/mol. The van der Waals surface area contributed by atoms with Crippen LogP contribution in [0.4, 0.5) is 11.5 Å². The van der Waals surface area contributed by atoms with Gasteiger partial charge in [0.15, 0.2) is 6.61 Å². The zero-order valence-electron chi connectivity index (χ0n) is 21.2. The van der Waals surface area contributed by atoms with Crippen molar-refractivity contribution in [1.29, 1.82) is 0 Å². The highest BCUT2D eigenvalue weighted by molar-refractivity contribution is 7.89. The number of carbonyl (C=O) groups is 2. The van der Waals surface area contributed by atoms with E-state index in [0.29, 0.717) is 50.7 Å². The molecule has 0 spiro atoms. The molecular formula is C26H33N5O5S. The molecule has 37 heavy (non-hydrogen) atoms. The van der Waals surface area contributed by atoms with Gasteiger partial charge in [-0.3, -0.25) is 14.5 Å². The molecule has 3 aliphatic heterocycles. The Kier molecular flexibility index (Phi) is 7.09. The number of anilines is 2. The Labute approximate surface area is 217 Å². The molecule has 1 aromatic carbocycles. The Morgan fingerprint density at radius 1 is 1.05 bits per heavy atom. The Hall–Kier alpha value is -3.18. The molecular weight excluding hydrogens is 494 g/mol. The van der Waals surface area contributed by atoms with Gasteiger partial charge in [0.2, 0.25) is 15.9 Å². The third-order valence-corrected chi connectivity index (χ3v) is 9.07. The molecule has 5 rings (SSSR count). The van der Waals surface area contributed by atoms with E-state index in [0.717, 1.165) is 12.2 Å². The van der Waals surface area contributed by atoms with Gasteiger partial charge in [0, 0.05) is 45.5 Å². The summed E-state index contributed by atoms with van der Waals surface area (Å²) in [5.74, 6) is 1.25. The lowest BCUT2D eigenvalue weighted by Gasteiger charge is -2.37. The molecule has 2 atom stereocenters. The molecule has 198 valence electrons. The Morgan fingerprint density at radius 2 is 1.78 bits per heavy atom. The number of sulfonamides is 1. The van der Waals surface area contributed by atoms with E-state index in [-0.39, 0.29) is 41.7 Å². The standard InChI is InChI=1S/C26H33N5O5S/c1-19-13-20(2)16-30(15-19)37(34,35)21-6-7-23-22(14-21)31(26(33)18-36-23)17-25(32)29-11-9-28(10-12-29)24-5-3-4-8-27-24/h3-8,14,19-20H,9-13,15-18H2,1-2H3/t19-,20-/m1/s1. The van der Waals surface area contributed by atoms with Crippen molar-refractivity contribution >= 4 is 33.3 Å². The minimum Gasteiger partial charge on any atom is -0.482 e. The van der Waals surface area contributed by atoms with Crippen molar-refractivity contribution in [2.45, 2.75) is 25.2 Å². The molecule has 0 aliphatic carbocycles. The fraction of sp³-hybridized carbons (Fsp3) is 0.500. The summed E-state index contributed by atoms with van der Waals surface area (Å²) in [6.07, 6.45) is 2.74. The average Bonchev–Trinajstić information content (AvgIpc) is 2.90. The lowest BCUT2D eigenvalue weighted by Crippen LogP contribution is -2.53. The molecule has 1 aromatic heterocycles. The van der Waals surface area contributed by atoms with Crippen LogP contribution >= 0.6 is 0 Å². The number of rotatable bonds is 5. The van der Waals surface area contributed by atoms with Crippen LogP contribution in [-0.4, -0.2) is 86.8 Å². The van der Waals surface area contributed by atoms with Gasteiger partial charge in [-0.15, -0.1) is 0 Å².